The molecule has 0 spiro atoms. The molecule has 2 N–H and O–H groups in total. The zero-order chi connectivity index (χ0) is 12.0. The van der Waals surface area contributed by atoms with Gasteiger partial charge in [-0.25, -0.2) is 9.18 Å². The van der Waals surface area contributed by atoms with E-state index in [2.05, 4.69) is 10.1 Å². The number of carbonyl (C=O) groups is 1. The molecule has 5 nitrogen and oxygen atoms in total. The van der Waals surface area contributed by atoms with E-state index < -0.39 is 11.9 Å². The summed E-state index contributed by atoms with van der Waals surface area (Å²) in [6, 6.07) is 3.97. The lowest BCUT2D eigenvalue weighted by Crippen LogP contribution is -2.15. The second-order valence-electron chi connectivity index (χ2n) is 2.83. The number of hydrogen-bond acceptors (Lipinski definition) is 4. The number of nitrogens with one attached hydrogen (secondary N) is 1. The number of rotatable bonds is 4. The third-order valence-electron chi connectivity index (χ3n) is 1.72. The third-order valence-corrected chi connectivity index (χ3v) is 1.72. The van der Waals surface area contributed by atoms with Crippen LogP contribution in [0.2, 0.25) is 0 Å². The number of aliphatic hydroxyl groups excluding tert-OH is 1. The fraction of sp³-hybridized carbons (Fsp3) is 0.300. The first-order chi connectivity index (χ1) is 7.67. The van der Waals surface area contributed by atoms with Crippen molar-refractivity contribution >= 4 is 11.8 Å². The van der Waals surface area contributed by atoms with Crippen LogP contribution in [0.25, 0.3) is 0 Å². The minimum absolute atomic E-state index is 0.0919. The highest BCUT2D eigenvalue weighted by atomic mass is 19.1. The predicted octanol–water partition coefficient (Wildman–Crippen LogP) is 1.38. The van der Waals surface area contributed by atoms with Crippen LogP contribution in [0.15, 0.2) is 18.2 Å². The molecule has 6 heteroatoms. The van der Waals surface area contributed by atoms with Crippen molar-refractivity contribution in [2.45, 2.75) is 0 Å². The number of carbonyl (C=O) groups excluding carboxylic acids is 1. The van der Waals surface area contributed by atoms with Crippen molar-refractivity contribution in [3.8, 4) is 5.75 Å². The summed E-state index contributed by atoms with van der Waals surface area (Å²) in [4.78, 5) is 11.0. The summed E-state index contributed by atoms with van der Waals surface area (Å²) in [5.74, 6) is -0.489. The van der Waals surface area contributed by atoms with Crippen LogP contribution in [0.1, 0.15) is 0 Å². The number of aliphatic hydroxyl groups is 1. The monoisotopic (exact) mass is 229 g/mol. The molecule has 0 bridgehead atoms. The maximum atomic E-state index is 13.2. The first-order valence-corrected chi connectivity index (χ1v) is 4.55. The Bertz CT molecular complexity index is 370. The molecule has 16 heavy (non-hydrogen) atoms. The summed E-state index contributed by atoms with van der Waals surface area (Å²) in [6.07, 6.45) is -0.751. The Hall–Kier alpha value is -1.82. The van der Waals surface area contributed by atoms with Crippen molar-refractivity contribution in [2.24, 2.45) is 0 Å². The van der Waals surface area contributed by atoms with E-state index >= 15 is 0 Å². The highest BCUT2D eigenvalue weighted by Crippen LogP contribution is 2.20. The number of anilines is 1. The van der Waals surface area contributed by atoms with Gasteiger partial charge in [0.05, 0.1) is 13.7 Å². The minimum Gasteiger partial charge on any atom is -0.494 e. The van der Waals surface area contributed by atoms with E-state index in [0.29, 0.717) is 0 Å². The van der Waals surface area contributed by atoms with Gasteiger partial charge in [-0.15, -0.1) is 0 Å². The van der Waals surface area contributed by atoms with Crippen LogP contribution in [0, 0.1) is 5.82 Å². The van der Waals surface area contributed by atoms with Crippen molar-refractivity contribution in [1.82, 2.24) is 0 Å². The Balaban J connectivity index is 2.61. The molecular weight excluding hydrogens is 217 g/mol. The molecule has 0 atom stereocenters. The first-order valence-electron chi connectivity index (χ1n) is 4.55. The molecule has 1 amide bonds. The van der Waals surface area contributed by atoms with E-state index in [1.165, 1.54) is 19.2 Å². The summed E-state index contributed by atoms with van der Waals surface area (Å²) in [6.45, 7) is -0.366. The van der Waals surface area contributed by atoms with Crippen LogP contribution in [-0.4, -0.2) is 31.5 Å². The van der Waals surface area contributed by atoms with Gasteiger partial charge < -0.3 is 14.6 Å². The van der Waals surface area contributed by atoms with Crippen molar-refractivity contribution in [1.29, 1.82) is 0 Å². The quantitative estimate of drug-likeness (QED) is 0.818. The van der Waals surface area contributed by atoms with Crippen molar-refractivity contribution in [3.05, 3.63) is 24.0 Å². The maximum Gasteiger partial charge on any atom is 0.411 e. The number of amides is 1. The van der Waals surface area contributed by atoms with E-state index in [4.69, 9.17) is 9.84 Å². The highest BCUT2D eigenvalue weighted by Gasteiger charge is 2.06. The molecule has 1 aromatic rings. The topological polar surface area (TPSA) is 67.8 Å². The van der Waals surface area contributed by atoms with Crippen LogP contribution in [0.5, 0.6) is 5.75 Å². The second-order valence-corrected chi connectivity index (χ2v) is 2.83. The van der Waals surface area contributed by atoms with E-state index in [1.54, 1.807) is 0 Å². The molecule has 0 unspecified atom stereocenters. The number of ether oxygens (including phenoxy) is 2. The number of benzene rings is 1. The third kappa shape index (κ3) is 3.39. The van der Waals surface area contributed by atoms with E-state index in [0.717, 1.165) is 6.07 Å². The summed E-state index contributed by atoms with van der Waals surface area (Å²) >= 11 is 0. The lowest BCUT2D eigenvalue weighted by molar-refractivity contribution is 0.131. The molecule has 0 aliphatic rings. The zero-order valence-corrected chi connectivity index (χ0v) is 8.70. The van der Waals surface area contributed by atoms with Crippen LogP contribution in [0.4, 0.5) is 14.9 Å². The lowest BCUT2D eigenvalue weighted by atomic mass is 10.3. The van der Waals surface area contributed by atoms with E-state index in [-0.39, 0.29) is 24.7 Å². The molecule has 0 aliphatic heterocycles. The van der Waals surface area contributed by atoms with Gasteiger partial charge in [-0.1, -0.05) is 0 Å². The molecule has 0 radical (unpaired) electrons. The van der Waals surface area contributed by atoms with Crippen molar-refractivity contribution in [2.75, 3.05) is 25.6 Å². The fourth-order valence-electron chi connectivity index (χ4n) is 1.04. The molecule has 1 aromatic carbocycles. The Labute approximate surface area is 91.8 Å². The van der Waals surface area contributed by atoms with Crippen LogP contribution >= 0.6 is 0 Å². The van der Waals surface area contributed by atoms with Crippen LogP contribution in [-0.2, 0) is 4.74 Å². The standard InChI is InChI=1S/C10H12FNO4/c1-15-9-3-2-7(6-8(9)11)12-10(14)16-5-4-13/h2-3,6,13H,4-5H2,1H3,(H,12,14). The van der Waals surface area contributed by atoms with Gasteiger partial charge in [0.15, 0.2) is 11.6 Å². The number of hydrogen-bond donors (Lipinski definition) is 2. The summed E-state index contributed by atoms with van der Waals surface area (Å²) in [5, 5.41) is 10.7. The largest absolute Gasteiger partial charge is 0.494 e. The summed E-state index contributed by atoms with van der Waals surface area (Å²) in [5.41, 5.74) is 0.251. The van der Waals surface area contributed by atoms with Gasteiger partial charge in [0, 0.05) is 11.8 Å². The molecule has 0 saturated carbocycles. The molecule has 88 valence electrons. The zero-order valence-electron chi connectivity index (χ0n) is 8.70. The Morgan fingerprint density at radius 3 is 2.88 bits per heavy atom. The van der Waals surface area contributed by atoms with Gasteiger partial charge in [0.1, 0.15) is 6.61 Å². The molecule has 0 aliphatic carbocycles. The lowest BCUT2D eigenvalue weighted by Gasteiger charge is -2.07. The summed E-state index contributed by atoms with van der Waals surface area (Å²) in [7, 11) is 1.35. The molecular formula is C10H12FNO4. The van der Waals surface area contributed by atoms with E-state index in [1.807, 2.05) is 0 Å². The first kappa shape index (κ1) is 12.3. The Kier molecular flexibility index (Phi) is 4.53. The average molecular weight is 229 g/mol. The van der Waals surface area contributed by atoms with Gasteiger partial charge >= 0.3 is 6.09 Å². The average Bonchev–Trinajstić information content (AvgIpc) is 2.26. The number of methoxy groups -OCH3 is 1. The summed E-state index contributed by atoms with van der Waals surface area (Å²) < 4.78 is 22.5. The van der Waals surface area contributed by atoms with Gasteiger partial charge in [-0.3, -0.25) is 5.32 Å². The van der Waals surface area contributed by atoms with Gasteiger partial charge in [-0.2, -0.15) is 0 Å². The Morgan fingerprint density at radius 1 is 1.56 bits per heavy atom. The second kappa shape index (κ2) is 5.92. The smallest absolute Gasteiger partial charge is 0.411 e. The van der Waals surface area contributed by atoms with Crippen LogP contribution in [0.3, 0.4) is 0 Å². The van der Waals surface area contributed by atoms with Gasteiger partial charge in [-0.05, 0) is 12.1 Å². The maximum absolute atomic E-state index is 13.2. The molecule has 1 rings (SSSR count). The minimum atomic E-state index is -0.751. The fourth-order valence-corrected chi connectivity index (χ4v) is 1.04. The molecule has 0 aromatic heterocycles. The van der Waals surface area contributed by atoms with Gasteiger partial charge in [0.25, 0.3) is 0 Å². The number of halogens is 1. The molecule has 0 heterocycles. The molecule has 0 fully saturated rings. The SMILES string of the molecule is COc1ccc(NC(=O)OCCO)cc1F. The predicted molar refractivity (Wildman–Crippen MR) is 55.0 cm³/mol. The highest BCUT2D eigenvalue weighted by molar-refractivity contribution is 5.84. The van der Waals surface area contributed by atoms with E-state index in [9.17, 15) is 9.18 Å². The van der Waals surface area contributed by atoms with Gasteiger partial charge in [0.2, 0.25) is 0 Å². The van der Waals surface area contributed by atoms with Crippen molar-refractivity contribution in [3.63, 3.8) is 0 Å². The molecule has 0 saturated heterocycles. The Morgan fingerprint density at radius 2 is 2.31 bits per heavy atom. The normalized spacial score (nSPS) is 9.69. The van der Waals surface area contributed by atoms with Crippen molar-refractivity contribution < 1.29 is 23.8 Å². The van der Waals surface area contributed by atoms with Crippen LogP contribution < -0.4 is 10.1 Å².